The number of rotatable bonds is 7. The number of nitrogens with one attached hydrogen (secondary N) is 1. The normalized spacial score (nSPS) is 10.3. The van der Waals surface area contributed by atoms with Gasteiger partial charge < -0.3 is 10.1 Å². The van der Waals surface area contributed by atoms with Crippen molar-refractivity contribution in [2.45, 2.75) is 5.03 Å². The number of aromatic nitrogens is 1. The number of para-hydroxylation sites is 1. The van der Waals surface area contributed by atoms with Gasteiger partial charge in [-0.2, -0.15) is 0 Å². The summed E-state index contributed by atoms with van der Waals surface area (Å²) in [6.45, 7) is 0.573. The van der Waals surface area contributed by atoms with Gasteiger partial charge in [-0.25, -0.2) is 9.37 Å². The second kappa shape index (κ2) is 9.01. The van der Waals surface area contributed by atoms with Crippen LogP contribution in [-0.4, -0.2) is 23.3 Å². The van der Waals surface area contributed by atoms with Crippen molar-refractivity contribution in [2.75, 3.05) is 17.7 Å². The molecular formula is C20H17FN2O2S. The molecule has 0 aliphatic rings. The van der Waals surface area contributed by atoms with Crippen LogP contribution in [0.25, 0.3) is 0 Å². The summed E-state index contributed by atoms with van der Waals surface area (Å²) in [6, 6.07) is 18.8. The highest BCUT2D eigenvalue weighted by Crippen LogP contribution is 2.17. The molecule has 2 aromatic carbocycles. The maximum atomic E-state index is 12.9. The van der Waals surface area contributed by atoms with Crippen LogP contribution in [-0.2, 0) is 0 Å². The largest absolute Gasteiger partial charge is 0.493 e. The Morgan fingerprint density at radius 2 is 1.81 bits per heavy atom. The van der Waals surface area contributed by atoms with Crippen LogP contribution in [0, 0.1) is 5.82 Å². The van der Waals surface area contributed by atoms with Crippen LogP contribution in [0.4, 0.5) is 10.1 Å². The predicted octanol–water partition coefficient (Wildman–Crippen LogP) is 4.64. The molecule has 0 radical (unpaired) electrons. The molecule has 0 bridgehead atoms. The van der Waals surface area contributed by atoms with Gasteiger partial charge in [0.1, 0.15) is 11.6 Å². The van der Waals surface area contributed by atoms with Crippen LogP contribution >= 0.6 is 11.8 Å². The Morgan fingerprint density at radius 1 is 1.04 bits per heavy atom. The molecule has 0 aliphatic carbocycles. The minimum atomic E-state index is -0.345. The van der Waals surface area contributed by atoms with Crippen LogP contribution in [0.2, 0.25) is 0 Å². The van der Waals surface area contributed by atoms with E-state index in [4.69, 9.17) is 4.74 Å². The van der Waals surface area contributed by atoms with Gasteiger partial charge in [0.15, 0.2) is 0 Å². The summed E-state index contributed by atoms with van der Waals surface area (Å²) in [5.74, 6) is 0.965. The number of thioether (sulfide) groups is 1. The minimum absolute atomic E-state index is 0.284. The Balaban J connectivity index is 1.46. The lowest BCUT2D eigenvalue weighted by Crippen LogP contribution is -2.12. The van der Waals surface area contributed by atoms with Gasteiger partial charge in [0, 0.05) is 17.6 Å². The van der Waals surface area contributed by atoms with Gasteiger partial charge in [-0.1, -0.05) is 18.2 Å². The molecule has 3 aromatic rings. The fourth-order valence-corrected chi connectivity index (χ4v) is 2.83. The summed E-state index contributed by atoms with van der Waals surface area (Å²) < 4.78 is 18.5. The molecule has 0 spiro atoms. The molecule has 26 heavy (non-hydrogen) atoms. The van der Waals surface area contributed by atoms with E-state index < -0.39 is 0 Å². The van der Waals surface area contributed by atoms with Crippen LogP contribution in [0.15, 0.2) is 78.0 Å². The van der Waals surface area contributed by atoms with E-state index in [1.807, 2.05) is 30.3 Å². The second-order valence-corrected chi connectivity index (χ2v) is 6.47. The number of carbonyl (C=O) groups is 1. The van der Waals surface area contributed by atoms with Crippen molar-refractivity contribution < 1.29 is 13.9 Å². The van der Waals surface area contributed by atoms with Crippen LogP contribution in [0.1, 0.15) is 10.4 Å². The maximum Gasteiger partial charge on any atom is 0.257 e. The highest BCUT2D eigenvalue weighted by atomic mass is 32.2. The molecule has 1 amide bonds. The van der Waals surface area contributed by atoms with Gasteiger partial charge in [-0.05, 0) is 48.5 Å². The van der Waals surface area contributed by atoms with Gasteiger partial charge in [0.05, 0.1) is 17.2 Å². The molecule has 0 fully saturated rings. The monoisotopic (exact) mass is 368 g/mol. The van der Waals surface area contributed by atoms with Crippen LogP contribution in [0.5, 0.6) is 5.75 Å². The third-order valence-corrected chi connectivity index (χ3v) is 4.35. The molecule has 1 heterocycles. The fraction of sp³-hybridized carbons (Fsp3) is 0.100. The molecule has 0 atom stereocenters. The first kappa shape index (κ1) is 17.9. The van der Waals surface area contributed by atoms with Gasteiger partial charge in [-0.15, -0.1) is 11.8 Å². The van der Waals surface area contributed by atoms with Crippen molar-refractivity contribution in [3.8, 4) is 5.75 Å². The molecule has 0 aliphatic heterocycles. The average Bonchev–Trinajstić information content (AvgIpc) is 2.68. The Hall–Kier alpha value is -2.86. The van der Waals surface area contributed by atoms with Crippen molar-refractivity contribution in [3.05, 3.63) is 84.3 Å². The summed E-state index contributed by atoms with van der Waals surface area (Å²) in [5, 5.41) is 3.52. The number of hydrogen-bond acceptors (Lipinski definition) is 4. The second-order valence-electron chi connectivity index (χ2n) is 5.36. The molecule has 0 saturated carbocycles. The highest BCUT2D eigenvalue weighted by Gasteiger charge is 2.07. The predicted molar refractivity (Wildman–Crippen MR) is 101 cm³/mol. The Labute approximate surface area is 155 Å². The molecule has 4 nitrogen and oxygen atoms in total. The van der Waals surface area contributed by atoms with Gasteiger partial charge in [-0.3, -0.25) is 4.79 Å². The number of nitrogens with zero attached hydrogens (tertiary/aromatic N) is 1. The van der Waals surface area contributed by atoms with E-state index in [0.29, 0.717) is 17.9 Å². The van der Waals surface area contributed by atoms with Gasteiger partial charge >= 0.3 is 0 Å². The zero-order valence-corrected chi connectivity index (χ0v) is 14.7. The molecule has 1 aromatic heterocycles. The Morgan fingerprint density at radius 3 is 2.50 bits per heavy atom. The topological polar surface area (TPSA) is 51.2 Å². The zero-order chi connectivity index (χ0) is 18.2. The van der Waals surface area contributed by atoms with Crippen molar-refractivity contribution in [1.82, 2.24) is 4.98 Å². The number of pyridine rings is 1. The summed E-state index contributed by atoms with van der Waals surface area (Å²) >= 11 is 1.56. The van der Waals surface area contributed by atoms with E-state index in [0.717, 1.165) is 16.5 Å². The lowest BCUT2D eigenvalue weighted by Gasteiger charge is -2.07. The first-order chi connectivity index (χ1) is 12.7. The molecule has 0 saturated heterocycles. The van der Waals surface area contributed by atoms with Crippen molar-refractivity contribution >= 4 is 23.4 Å². The number of benzene rings is 2. The molecule has 0 unspecified atom stereocenters. The lowest BCUT2D eigenvalue weighted by molar-refractivity contribution is 0.102. The zero-order valence-electron chi connectivity index (χ0n) is 13.9. The minimum Gasteiger partial charge on any atom is -0.493 e. The number of hydrogen-bond donors (Lipinski definition) is 1. The van der Waals surface area contributed by atoms with Crippen LogP contribution < -0.4 is 10.1 Å². The molecule has 132 valence electrons. The van der Waals surface area contributed by atoms with Crippen molar-refractivity contribution in [3.63, 3.8) is 0 Å². The third kappa shape index (κ3) is 5.32. The van der Waals surface area contributed by atoms with E-state index in [2.05, 4.69) is 10.3 Å². The standard InChI is InChI=1S/C20H17FN2O2S/c21-16-7-9-17(10-8-16)23-20(24)15-6-11-19(22-14-15)26-13-12-25-18-4-2-1-3-5-18/h1-11,14H,12-13H2,(H,23,24). The first-order valence-corrected chi connectivity index (χ1v) is 9.03. The Kier molecular flexibility index (Phi) is 6.22. The summed E-state index contributed by atoms with van der Waals surface area (Å²) in [4.78, 5) is 16.4. The van der Waals surface area contributed by atoms with E-state index in [1.54, 1.807) is 23.9 Å². The van der Waals surface area contributed by atoms with E-state index in [-0.39, 0.29) is 11.7 Å². The number of halogens is 1. The van der Waals surface area contributed by atoms with Gasteiger partial charge in [0.25, 0.3) is 5.91 Å². The number of ether oxygens (including phenoxy) is 1. The molecule has 6 heteroatoms. The number of carbonyl (C=O) groups excluding carboxylic acids is 1. The van der Waals surface area contributed by atoms with Crippen molar-refractivity contribution in [1.29, 1.82) is 0 Å². The maximum absolute atomic E-state index is 12.9. The summed E-state index contributed by atoms with van der Waals surface area (Å²) in [6.07, 6.45) is 1.53. The summed E-state index contributed by atoms with van der Waals surface area (Å²) in [7, 11) is 0. The van der Waals surface area contributed by atoms with Crippen molar-refractivity contribution in [2.24, 2.45) is 0 Å². The summed E-state index contributed by atoms with van der Waals surface area (Å²) in [5.41, 5.74) is 0.979. The van der Waals surface area contributed by atoms with E-state index in [1.165, 1.54) is 30.5 Å². The Bertz CT molecular complexity index is 840. The number of amides is 1. The fourth-order valence-electron chi connectivity index (χ4n) is 2.16. The molecule has 3 rings (SSSR count). The van der Waals surface area contributed by atoms with Gasteiger partial charge in [0.2, 0.25) is 0 Å². The quantitative estimate of drug-likeness (QED) is 0.487. The van der Waals surface area contributed by atoms with E-state index in [9.17, 15) is 9.18 Å². The SMILES string of the molecule is O=C(Nc1ccc(F)cc1)c1ccc(SCCOc2ccccc2)nc1. The van der Waals surface area contributed by atoms with E-state index >= 15 is 0 Å². The lowest BCUT2D eigenvalue weighted by atomic mass is 10.2. The molecular weight excluding hydrogens is 351 g/mol. The first-order valence-electron chi connectivity index (χ1n) is 8.04. The average molecular weight is 368 g/mol. The third-order valence-electron chi connectivity index (χ3n) is 3.45. The molecule has 1 N–H and O–H groups in total. The number of anilines is 1. The van der Waals surface area contributed by atoms with Crippen LogP contribution in [0.3, 0.4) is 0 Å². The smallest absolute Gasteiger partial charge is 0.257 e. The highest BCUT2D eigenvalue weighted by molar-refractivity contribution is 7.99.